The summed E-state index contributed by atoms with van der Waals surface area (Å²) in [6.45, 7) is 2.06. The molecular formula is C9H14F2N2OS. The Morgan fingerprint density at radius 1 is 1.60 bits per heavy atom. The Morgan fingerprint density at radius 2 is 2.33 bits per heavy atom. The van der Waals surface area contributed by atoms with Crippen molar-refractivity contribution in [3.63, 3.8) is 0 Å². The molecule has 0 fully saturated rings. The van der Waals surface area contributed by atoms with Gasteiger partial charge in [-0.05, 0) is 6.92 Å². The van der Waals surface area contributed by atoms with Gasteiger partial charge in [-0.15, -0.1) is 11.3 Å². The van der Waals surface area contributed by atoms with E-state index in [1.165, 1.54) is 16.2 Å². The predicted octanol–water partition coefficient (Wildman–Crippen LogP) is 1.51. The first-order valence-corrected chi connectivity index (χ1v) is 5.52. The molecule has 0 saturated carbocycles. The lowest BCUT2D eigenvalue weighted by Crippen LogP contribution is -2.31. The number of halogens is 2. The van der Waals surface area contributed by atoms with Gasteiger partial charge < -0.3 is 5.11 Å². The molecule has 3 nitrogen and oxygen atoms in total. The van der Waals surface area contributed by atoms with Gasteiger partial charge in [0.15, 0.2) is 0 Å². The first kappa shape index (κ1) is 12.5. The smallest absolute Gasteiger partial charge is 0.251 e. The first-order valence-electron chi connectivity index (χ1n) is 4.64. The molecule has 0 atom stereocenters. The maximum absolute atomic E-state index is 12.2. The highest BCUT2D eigenvalue weighted by molar-refractivity contribution is 7.09. The van der Waals surface area contributed by atoms with E-state index in [-0.39, 0.29) is 19.7 Å². The van der Waals surface area contributed by atoms with E-state index >= 15 is 0 Å². The summed E-state index contributed by atoms with van der Waals surface area (Å²) < 4.78 is 24.4. The molecule has 1 N–H and O–H groups in total. The Morgan fingerprint density at radius 3 is 2.80 bits per heavy atom. The third kappa shape index (κ3) is 4.63. The van der Waals surface area contributed by atoms with E-state index in [9.17, 15) is 8.78 Å². The molecule has 1 heterocycles. The van der Waals surface area contributed by atoms with Crippen molar-refractivity contribution >= 4 is 11.3 Å². The van der Waals surface area contributed by atoms with Crippen molar-refractivity contribution in [3.05, 3.63) is 16.1 Å². The van der Waals surface area contributed by atoms with E-state index in [0.29, 0.717) is 6.54 Å². The van der Waals surface area contributed by atoms with Gasteiger partial charge in [0.25, 0.3) is 6.43 Å². The van der Waals surface area contributed by atoms with E-state index in [1.54, 1.807) is 0 Å². The quantitative estimate of drug-likeness (QED) is 0.813. The van der Waals surface area contributed by atoms with Crippen LogP contribution in [0.2, 0.25) is 0 Å². The molecule has 1 aromatic rings. The number of aryl methyl sites for hydroxylation is 1. The Hall–Kier alpha value is -0.590. The number of rotatable bonds is 6. The third-order valence-corrected chi connectivity index (χ3v) is 2.69. The second-order valence-electron chi connectivity index (χ2n) is 3.21. The fourth-order valence-corrected chi connectivity index (χ4v) is 1.89. The topological polar surface area (TPSA) is 36.4 Å². The van der Waals surface area contributed by atoms with Crippen LogP contribution < -0.4 is 0 Å². The molecule has 0 aliphatic rings. The van der Waals surface area contributed by atoms with E-state index in [0.717, 1.165) is 10.7 Å². The van der Waals surface area contributed by atoms with Crippen LogP contribution in [0, 0.1) is 6.92 Å². The fourth-order valence-electron chi connectivity index (χ4n) is 1.28. The van der Waals surface area contributed by atoms with E-state index < -0.39 is 6.43 Å². The molecule has 1 aromatic heterocycles. The largest absolute Gasteiger partial charge is 0.395 e. The molecule has 0 aliphatic heterocycles. The van der Waals surface area contributed by atoms with Crippen LogP contribution in [0.25, 0.3) is 0 Å². The first-order chi connectivity index (χ1) is 7.11. The molecule has 0 radical (unpaired) electrons. The number of hydrogen-bond acceptors (Lipinski definition) is 4. The van der Waals surface area contributed by atoms with Crippen LogP contribution >= 0.6 is 11.3 Å². The van der Waals surface area contributed by atoms with E-state index in [4.69, 9.17) is 5.11 Å². The predicted molar refractivity (Wildman–Crippen MR) is 55.2 cm³/mol. The highest BCUT2D eigenvalue weighted by Crippen LogP contribution is 2.11. The molecule has 15 heavy (non-hydrogen) atoms. The number of thiazole rings is 1. The van der Waals surface area contributed by atoms with Crippen molar-refractivity contribution < 1.29 is 13.9 Å². The number of aliphatic hydroxyl groups is 1. The minimum absolute atomic E-state index is 0.115. The van der Waals surface area contributed by atoms with Crippen molar-refractivity contribution in [2.75, 3.05) is 19.7 Å². The standard InChI is InChI=1S/C9H14F2N2OS/c1-7-12-8(6-15-7)4-13(2-3-14)5-9(10)11/h6,9,14H,2-5H2,1H3. The van der Waals surface area contributed by atoms with Crippen molar-refractivity contribution in [2.24, 2.45) is 0 Å². The van der Waals surface area contributed by atoms with Crippen LogP contribution in [-0.4, -0.2) is 41.1 Å². The van der Waals surface area contributed by atoms with E-state index in [1.807, 2.05) is 12.3 Å². The Labute approximate surface area is 91.4 Å². The van der Waals surface area contributed by atoms with Gasteiger partial charge in [-0.25, -0.2) is 13.8 Å². The summed E-state index contributed by atoms with van der Waals surface area (Å²) in [5.41, 5.74) is 0.784. The Kier molecular flexibility index (Phi) is 5.07. The molecule has 0 bridgehead atoms. The summed E-state index contributed by atoms with van der Waals surface area (Å²) in [6, 6.07) is 0. The summed E-state index contributed by atoms with van der Waals surface area (Å²) >= 11 is 1.50. The van der Waals surface area contributed by atoms with Crippen LogP contribution in [0.5, 0.6) is 0 Å². The molecular weight excluding hydrogens is 222 g/mol. The number of aliphatic hydroxyl groups excluding tert-OH is 1. The summed E-state index contributed by atoms with van der Waals surface area (Å²) in [6.07, 6.45) is -2.38. The SMILES string of the molecule is Cc1nc(CN(CCO)CC(F)F)cs1. The zero-order valence-corrected chi connectivity index (χ0v) is 9.31. The Bertz CT molecular complexity index is 293. The molecule has 0 saturated heterocycles. The van der Waals surface area contributed by atoms with Crippen molar-refractivity contribution in [2.45, 2.75) is 19.9 Å². The van der Waals surface area contributed by atoms with Gasteiger partial charge in [0.05, 0.1) is 23.9 Å². The number of aromatic nitrogens is 1. The highest BCUT2D eigenvalue weighted by Gasteiger charge is 2.13. The minimum atomic E-state index is -2.38. The van der Waals surface area contributed by atoms with Gasteiger partial charge in [-0.3, -0.25) is 4.90 Å². The van der Waals surface area contributed by atoms with Crippen LogP contribution in [0.15, 0.2) is 5.38 Å². The molecule has 0 aromatic carbocycles. The Balaban J connectivity index is 2.50. The lowest BCUT2D eigenvalue weighted by atomic mass is 10.4. The normalized spacial score (nSPS) is 11.6. The highest BCUT2D eigenvalue weighted by atomic mass is 32.1. The van der Waals surface area contributed by atoms with E-state index in [2.05, 4.69) is 4.98 Å². The second-order valence-corrected chi connectivity index (χ2v) is 4.27. The molecule has 6 heteroatoms. The van der Waals surface area contributed by atoms with Crippen LogP contribution in [0.1, 0.15) is 10.7 Å². The molecule has 0 spiro atoms. The number of nitrogens with zero attached hydrogens (tertiary/aromatic N) is 2. The molecule has 0 amide bonds. The van der Waals surface area contributed by atoms with Gasteiger partial charge in [0, 0.05) is 18.5 Å². The maximum atomic E-state index is 12.2. The van der Waals surface area contributed by atoms with Gasteiger partial charge >= 0.3 is 0 Å². The van der Waals surface area contributed by atoms with Crippen molar-refractivity contribution in [3.8, 4) is 0 Å². The van der Waals surface area contributed by atoms with Crippen molar-refractivity contribution in [1.29, 1.82) is 0 Å². The summed E-state index contributed by atoms with van der Waals surface area (Å²) in [5.74, 6) is 0. The van der Waals surface area contributed by atoms with Crippen molar-refractivity contribution in [1.82, 2.24) is 9.88 Å². The second kappa shape index (κ2) is 6.09. The molecule has 0 aliphatic carbocycles. The van der Waals surface area contributed by atoms with Gasteiger partial charge in [-0.1, -0.05) is 0 Å². The van der Waals surface area contributed by atoms with Gasteiger partial charge in [-0.2, -0.15) is 0 Å². The average molecular weight is 236 g/mol. The molecule has 86 valence electrons. The van der Waals surface area contributed by atoms with Gasteiger partial charge in [0.1, 0.15) is 0 Å². The molecule has 1 rings (SSSR count). The van der Waals surface area contributed by atoms with Crippen LogP contribution in [-0.2, 0) is 6.54 Å². The summed E-state index contributed by atoms with van der Waals surface area (Å²) in [7, 11) is 0. The zero-order chi connectivity index (χ0) is 11.3. The summed E-state index contributed by atoms with van der Waals surface area (Å²) in [4.78, 5) is 5.69. The lowest BCUT2D eigenvalue weighted by Gasteiger charge is -2.19. The zero-order valence-electron chi connectivity index (χ0n) is 8.49. The van der Waals surface area contributed by atoms with Crippen LogP contribution in [0.4, 0.5) is 8.78 Å². The number of hydrogen-bond donors (Lipinski definition) is 1. The average Bonchev–Trinajstić information content (AvgIpc) is 2.50. The number of alkyl halides is 2. The minimum Gasteiger partial charge on any atom is -0.395 e. The van der Waals surface area contributed by atoms with Gasteiger partial charge in [0.2, 0.25) is 0 Å². The third-order valence-electron chi connectivity index (χ3n) is 1.86. The fraction of sp³-hybridized carbons (Fsp3) is 0.667. The monoisotopic (exact) mass is 236 g/mol. The maximum Gasteiger partial charge on any atom is 0.251 e. The summed E-state index contributed by atoms with van der Waals surface area (Å²) in [5, 5.41) is 11.5. The lowest BCUT2D eigenvalue weighted by molar-refractivity contribution is 0.0741. The molecule has 0 unspecified atom stereocenters. The van der Waals surface area contributed by atoms with Crippen LogP contribution in [0.3, 0.4) is 0 Å².